The van der Waals surface area contributed by atoms with Gasteiger partial charge in [-0.2, -0.15) is 0 Å². The maximum Gasteiger partial charge on any atom is 0.269 e. The van der Waals surface area contributed by atoms with Crippen molar-refractivity contribution in [2.75, 3.05) is 0 Å². The van der Waals surface area contributed by atoms with Gasteiger partial charge in [-0.3, -0.25) is 0 Å². The molecule has 0 aliphatic carbocycles. The fourth-order valence-corrected chi connectivity index (χ4v) is 3.84. The predicted octanol–water partition coefficient (Wildman–Crippen LogP) is 4.27. The molecule has 0 fully saturated rings. The Kier molecular flexibility index (Phi) is 4.63. The Morgan fingerprint density at radius 3 is 2.15 bits per heavy atom. The van der Waals surface area contributed by atoms with Gasteiger partial charge in [0.25, 0.3) is 10.0 Å². The van der Waals surface area contributed by atoms with Gasteiger partial charge in [-0.05, 0) is 64.1 Å². The number of ether oxygens (including phenoxy) is 1. The number of hydrogen-bond donors (Lipinski definition) is 0. The molecule has 0 spiro atoms. The Hall–Kier alpha value is -2.60. The van der Waals surface area contributed by atoms with E-state index in [2.05, 4.69) is 4.98 Å². The fourth-order valence-electron chi connectivity index (χ4n) is 2.54. The number of imidazole rings is 1. The van der Waals surface area contributed by atoms with Crippen molar-refractivity contribution in [2.45, 2.75) is 38.2 Å². The number of benzene rings is 2. The second-order valence-electron chi connectivity index (χ2n) is 7.10. The summed E-state index contributed by atoms with van der Waals surface area (Å²) in [6, 6.07) is 14.0. The Balaban J connectivity index is 1.97. The van der Waals surface area contributed by atoms with Crippen molar-refractivity contribution in [1.29, 1.82) is 0 Å². The van der Waals surface area contributed by atoms with Crippen molar-refractivity contribution < 1.29 is 13.2 Å². The first-order valence-electron chi connectivity index (χ1n) is 8.32. The molecule has 3 rings (SSSR count). The van der Waals surface area contributed by atoms with E-state index in [1.807, 2.05) is 52.0 Å². The molecule has 3 aromatic rings. The van der Waals surface area contributed by atoms with Gasteiger partial charge in [0.1, 0.15) is 11.4 Å². The molecule has 0 radical (unpaired) electrons. The zero-order valence-electron chi connectivity index (χ0n) is 15.3. The average Bonchev–Trinajstić information content (AvgIpc) is 3.05. The zero-order chi connectivity index (χ0) is 18.9. The van der Waals surface area contributed by atoms with Gasteiger partial charge in [0, 0.05) is 18.0 Å². The SMILES string of the molecule is Cc1ccc(S(=O)(=O)n2ccnc2-c2ccc(OC(C)(C)C)cc2)cc1. The molecule has 5 nitrogen and oxygen atoms in total. The molecule has 0 atom stereocenters. The number of rotatable bonds is 4. The number of aryl methyl sites for hydroxylation is 1. The van der Waals surface area contributed by atoms with Crippen LogP contribution in [0.3, 0.4) is 0 Å². The van der Waals surface area contributed by atoms with Crippen LogP contribution < -0.4 is 4.74 Å². The van der Waals surface area contributed by atoms with Crippen molar-refractivity contribution in [1.82, 2.24) is 8.96 Å². The van der Waals surface area contributed by atoms with E-state index < -0.39 is 10.0 Å². The molecular formula is C20H22N2O3S. The minimum absolute atomic E-state index is 0.232. The third kappa shape index (κ3) is 3.80. The Morgan fingerprint density at radius 2 is 1.58 bits per heavy atom. The van der Waals surface area contributed by atoms with Crippen molar-refractivity contribution in [3.8, 4) is 17.1 Å². The van der Waals surface area contributed by atoms with Crippen molar-refractivity contribution in [3.05, 3.63) is 66.5 Å². The molecule has 0 amide bonds. The van der Waals surface area contributed by atoms with Crippen LogP contribution in [0.25, 0.3) is 11.4 Å². The third-order valence-corrected chi connectivity index (χ3v) is 5.40. The van der Waals surface area contributed by atoms with Crippen LogP contribution in [0.1, 0.15) is 26.3 Å². The lowest BCUT2D eigenvalue weighted by Gasteiger charge is -2.21. The first kappa shape index (κ1) is 18.2. The quantitative estimate of drug-likeness (QED) is 0.688. The van der Waals surface area contributed by atoms with Gasteiger partial charge in [0.2, 0.25) is 0 Å². The van der Waals surface area contributed by atoms with E-state index in [0.29, 0.717) is 11.4 Å². The van der Waals surface area contributed by atoms with Crippen LogP contribution in [-0.2, 0) is 10.0 Å². The monoisotopic (exact) mass is 370 g/mol. The normalized spacial score (nSPS) is 12.2. The van der Waals surface area contributed by atoms with Gasteiger partial charge >= 0.3 is 0 Å². The topological polar surface area (TPSA) is 61.2 Å². The van der Waals surface area contributed by atoms with Crippen LogP contribution in [0.5, 0.6) is 5.75 Å². The van der Waals surface area contributed by atoms with Gasteiger partial charge in [0.15, 0.2) is 5.82 Å². The number of hydrogen-bond acceptors (Lipinski definition) is 4. The molecule has 136 valence electrons. The van der Waals surface area contributed by atoms with Gasteiger partial charge in [-0.1, -0.05) is 17.7 Å². The molecule has 1 aromatic heterocycles. The van der Waals surface area contributed by atoms with E-state index in [9.17, 15) is 8.42 Å². The highest BCUT2D eigenvalue weighted by molar-refractivity contribution is 7.90. The van der Waals surface area contributed by atoms with Crippen molar-refractivity contribution >= 4 is 10.0 Å². The van der Waals surface area contributed by atoms with Crippen molar-refractivity contribution in [2.24, 2.45) is 0 Å². The highest BCUT2D eigenvalue weighted by atomic mass is 32.2. The summed E-state index contributed by atoms with van der Waals surface area (Å²) in [6.07, 6.45) is 2.95. The molecule has 1 heterocycles. The van der Waals surface area contributed by atoms with Crippen LogP contribution >= 0.6 is 0 Å². The van der Waals surface area contributed by atoms with Crippen LogP contribution in [0.4, 0.5) is 0 Å². The molecule has 0 N–H and O–H groups in total. The smallest absolute Gasteiger partial charge is 0.269 e. The second kappa shape index (κ2) is 6.61. The molecule has 0 aliphatic heterocycles. The summed E-state index contributed by atoms with van der Waals surface area (Å²) < 4.78 is 32.9. The van der Waals surface area contributed by atoms with Crippen LogP contribution in [0.15, 0.2) is 65.8 Å². The van der Waals surface area contributed by atoms with E-state index in [4.69, 9.17) is 4.74 Å². The predicted molar refractivity (Wildman–Crippen MR) is 102 cm³/mol. The fraction of sp³-hybridized carbons (Fsp3) is 0.250. The minimum Gasteiger partial charge on any atom is -0.488 e. The van der Waals surface area contributed by atoms with Crippen LogP contribution in [0, 0.1) is 6.92 Å². The highest BCUT2D eigenvalue weighted by Gasteiger charge is 2.21. The highest BCUT2D eigenvalue weighted by Crippen LogP contribution is 2.26. The summed E-state index contributed by atoms with van der Waals surface area (Å²) in [4.78, 5) is 4.47. The Labute approximate surface area is 154 Å². The molecule has 6 heteroatoms. The van der Waals surface area contributed by atoms with Gasteiger partial charge in [-0.25, -0.2) is 17.4 Å². The van der Waals surface area contributed by atoms with Crippen molar-refractivity contribution in [3.63, 3.8) is 0 Å². The lowest BCUT2D eigenvalue weighted by molar-refractivity contribution is 0.131. The number of aromatic nitrogens is 2. The third-order valence-electron chi connectivity index (χ3n) is 3.72. The Morgan fingerprint density at radius 1 is 0.962 bits per heavy atom. The summed E-state index contributed by atoms with van der Waals surface area (Å²) in [5.41, 5.74) is 1.41. The largest absolute Gasteiger partial charge is 0.488 e. The molecule has 2 aromatic carbocycles. The first-order valence-corrected chi connectivity index (χ1v) is 9.76. The van der Waals surface area contributed by atoms with E-state index in [1.165, 1.54) is 16.4 Å². The maximum absolute atomic E-state index is 13.0. The summed E-state index contributed by atoms with van der Waals surface area (Å²) >= 11 is 0. The summed E-state index contributed by atoms with van der Waals surface area (Å²) in [5.74, 6) is 1.09. The number of nitrogens with zero attached hydrogens (tertiary/aromatic N) is 2. The van der Waals surface area contributed by atoms with E-state index in [0.717, 1.165) is 11.3 Å². The second-order valence-corrected chi connectivity index (χ2v) is 8.92. The van der Waals surface area contributed by atoms with E-state index >= 15 is 0 Å². The lowest BCUT2D eigenvalue weighted by Crippen LogP contribution is -2.22. The first-order chi connectivity index (χ1) is 12.2. The lowest BCUT2D eigenvalue weighted by atomic mass is 10.1. The molecular weight excluding hydrogens is 348 g/mol. The summed E-state index contributed by atoms with van der Waals surface area (Å²) in [5, 5.41) is 0. The molecule has 0 saturated carbocycles. The Bertz CT molecular complexity index is 996. The maximum atomic E-state index is 13.0. The van der Waals surface area contributed by atoms with E-state index in [1.54, 1.807) is 24.3 Å². The molecule has 0 bridgehead atoms. The summed E-state index contributed by atoms with van der Waals surface area (Å²) in [7, 11) is -3.71. The standard InChI is InChI=1S/C20H22N2O3S/c1-15-5-11-18(12-6-15)26(23,24)22-14-13-21-19(22)16-7-9-17(10-8-16)25-20(2,3)4/h5-14H,1-4H3. The van der Waals surface area contributed by atoms with Crippen LogP contribution in [0.2, 0.25) is 0 Å². The van der Waals surface area contributed by atoms with Gasteiger partial charge < -0.3 is 4.74 Å². The molecule has 0 unspecified atom stereocenters. The average molecular weight is 370 g/mol. The minimum atomic E-state index is -3.71. The van der Waals surface area contributed by atoms with Gasteiger partial charge in [0.05, 0.1) is 4.90 Å². The zero-order valence-corrected chi connectivity index (χ0v) is 16.1. The molecule has 26 heavy (non-hydrogen) atoms. The summed E-state index contributed by atoms with van der Waals surface area (Å²) in [6.45, 7) is 7.84. The van der Waals surface area contributed by atoms with Crippen LogP contribution in [-0.4, -0.2) is 23.0 Å². The molecule has 0 aliphatic rings. The van der Waals surface area contributed by atoms with Gasteiger partial charge in [-0.15, -0.1) is 0 Å². The van der Waals surface area contributed by atoms with E-state index in [-0.39, 0.29) is 10.5 Å². The molecule has 0 saturated heterocycles.